The van der Waals surface area contributed by atoms with Crippen LogP contribution in [0, 0.1) is 28.6 Å². The molecule has 3 aliphatic rings. The summed E-state index contributed by atoms with van der Waals surface area (Å²) in [5, 5.41) is 16.0. The minimum atomic E-state index is -0.404. The van der Waals surface area contributed by atoms with Gasteiger partial charge in [-0.05, 0) is 36.6 Å². The van der Waals surface area contributed by atoms with Crippen molar-refractivity contribution >= 4 is 11.8 Å². The molecule has 3 fully saturated rings. The van der Waals surface area contributed by atoms with Crippen molar-refractivity contribution in [1.29, 1.82) is 0 Å². The third-order valence-electron chi connectivity index (χ3n) is 6.40. The van der Waals surface area contributed by atoms with Crippen molar-refractivity contribution in [3.05, 3.63) is 0 Å². The lowest BCUT2D eigenvalue weighted by Gasteiger charge is -2.34. The van der Waals surface area contributed by atoms with Crippen molar-refractivity contribution in [3.8, 4) is 0 Å². The summed E-state index contributed by atoms with van der Waals surface area (Å²) in [6.45, 7) is 5.75. The number of piperidine rings is 1. The molecule has 0 aromatic heterocycles. The Morgan fingerprint density at radius 1 is 1.52 bits per heavy atom. The summed E-state index contributed by atoms with van der Waals surface area (Å²) in [5.41, 5.74) is 5.25. The van der Waals surface area contributed by atoms with Gasteiger partial charge in [-0.3, -0.25) is 9.59 Å². The molecule has 118 valence electrons. The highest BCUT2D eigenvalue weighted by atomic mass is 16.3. The molecule has 2 aliphatic heterocycles. The third kappa shape index (κ3) is 1.78. The smallest absolute Gasteiger partial charge is 0.235 e. The molecule has 3 unspecified atom stereocenters. The van der Waals surface area contributed by atoms with Crippen LogP contribution in [0.2, 0.25) is 0 Å². The molecule has 2 heterocycles. The first-order chi connectivity index (χ1) is 9.87. The molecule has 1 saturated carbocycles. The Morgan fingerprint density at radius 3 is 2.71 bits per heavy atom. The van der Waals surface area contributed by atoms with Gasteiger partial charge in [0.25, 0.3) is 0 Å². The molecule has 0 radical (unpaired) electrons. The summed E-state index contributed by atoms with van der Waals surface area (Å²) in [6, 6.07) is -0.404. The van der Waals surface area contributed by atoms with Gasteiger partial charge < -0.3 is 21.5 Å². The van der Waals surface area contributed by atoms with Crippen LogP contribution in [0.1, 0.15) is 26.7 Å². The molecule has 2 saturated heterocycles. The zero-order valence-corrected chi connectivity index (χ0v) is 12.7. The van der Waals surface area contributed by atoms with E-state index in [1.165, 1.54) is 0 Å². The fraction of sp³-hybridized carbons (Fsp3) is 0.867. The molecule has 5 N–H and O–H groups in total. The second kappa shape index (κ2) is 4.68. The van der Waals surface area contributed by atoms with Crippen molar-refractivity contribution in [2.24, 2.45) is 34.3 Å². The van der Waals surface area contributed by atoms with Crippen LogP contribution in [0.15, 0.2) is 0 Å². The quantitative estimate of drug-likeness (QED) is 0.534. The summed E-state index contributed by atoms with van der Waals surface area (Å²) in [5.74, 6) is -0.0653. The number of primary amides is 1. The molecule has 6 nitrogen and oxygen atoms in total. The van der Waals surface area contributed by atoms with Crippen molar-refractivity contribution in [2.45, 2.75) is 32.7 Å². The van der Waals surface area contributed by atoms with E-state index in [4.69, 9.17) is 5.73 Å². The number of hydrogen-bond donors (Lipinski definition) is 4. The van der Waals surface area contributed by atoms with Gasteiger partial charge in [-0.1, -0.05) is 13.8 Å². The van der Waals surface area contributed by atoms with Crippen LogP contribution < -0.4 is 16.4 Å². The molecule has 3 rings (SSSR count). The molecule has 5 atom stereocenters. The molecule has 1 aliphatic carbocycles. The molecule has 0 spiro atoms. The second-order valence-electron chi connectivity index (χ2n) is 7.34. The number of nitrogens with one attached hydrogen (secondary N) is 2. The first kappa shape index (κ1) is 14.8. The maximum atomic E-state index is 11.9. The van der Waals surface area contributed by atoms with Crippen molar-refractivity contribution < 1.29 is 14.7 Å². The van der Waals surface area contributed by atoms with Gasteiger partial charge in [0.1, 0.15) is 0 Å². The molecule has 0 aromatic rings. The number of aliphatic hydroxyl groups excluding tert-OH is 1. The van der Waals surface area contributed by atoms with Gasteiger partial charge in [0, 0.05) is 24.5 Å². The monoisotopic (exact) mass is 295 g/mol. The Kier molecular flexibility index (Phi) is 3.29. The third-order valence-corrected chi connectivity index (χ3v) is 6.40. The van der Waals surface area contributed by atoms with Crippen LogP contribution in [-0.2, 0) is 9.59 Å². The Morgan fingerprint density at radius 2 is 2.24 bits per heavy atom. The van der Waals surface area contributed by atoms with Crippen LogP contribution >= 0.6 is 0 Å². The lowest BCUT2D eigenvalue weighted by atomic mass is 9.73. The SMILES string of the molecule is CC1(C)C2CNC(C(N)=O)C21[C@@H](CO)C[C@H]1CCNC1=O. The number of rotatable bonds is 5. The van der Waals surface area contributed by atoms with E-state index in [0.717, 1.165) is 13.0 Å². The maximum absolute atomic E-state index is 11.9. The number of carbonyl (C=O) groups excluding carboxylic acids is 2. The highest BCUT2D eigenvalue weighted by molar-refractivity contribution is 5.83. The molecule has 21 heavy (non-hydrogen) atoms. The second-order valence-corrected chi connectivity index (χ2v) is 7.34. The predicted octanol–water partition coefficient (Wildman–Crippen LogP) is -0.779. The van der Waals surface area contributed by atoms with Crippen LogP contribution in [0.3, 0.4) is 0 Å². The molecular weight excluding hydrogens is 270 g/mol. The van der Waals surface area contributed by atoms with Crippen molar-refractivity contribution in [2.75, 3.05) is 19.7 Å². The summed E-state index contributed by atoms with van der Waals surface area (Å²) in [6.07, 6.45) is 1.44. The van der Waals surface area contributed by atoms with E-state index in [2.05, 4.69) is 24.5 Å². The minimum Gasteiger partial charge on any atom is -0.396 e. The van der Waals surface area contributed by atoms with Crippen LogP contribution in [0.5, 0.6) is 0 Å². The first-order valence-electron chi connectivity index (χ1n) is 7.78. The average molecular weight is 295 g/mol. The standard InChI is InChI=1S/C15H25N3O3/c1-14(2)10-6-18-11(12(16)20)15(10,14)9(7-19)5-8-3-4-17-13(8)21/h8-11,18-19H,3-7H2,1-2H3,(H2,16,20)(H,17,21)/t8-,9-,10?,11?,15?/m1/s1. The van der Waals surface area contributed by atoms with Crippen LogP contribution in [0.25, 0.3) is 0 Å². The lowest BCUT2D eigenvalue weighted by Crippen LogP contribution is -2.50. The summed E-state index contributed by atoms with van der Waals surface area (Å²) >= 11 is 0. The maximum Gasteiger partial charge on any atom is 0.235 e. The molecule has 0 aromatic carbocycles. The van der Waals surface area contributed by atoms with Gasteiger partial charge in [0.05, 0.1) is 6.04 Å². The summed E-state index contributed by atoms with van der Waals surface area (Å²) < 4.78 is 0. The number of fused-ring (bicyclic) bond motifs is 1. The predicted molar refractivity (Wildman–Crippen MR) is 77.0 cm³/mol. The largest absolute Gasteiger partial charge is 0.396 e. The topological polar surface area (TPSA) is 104 Å². The normalized spacial score (nSPS) is 41.5. The van der Waals surface area contributed by atoms with Crippen molar-refractivity contribution in [3.63, 3.8) is 0 Å². The Hall–Kier alpha value is -1.14. The highest BCUT2D eigenvalue weighted by Crippen LogP contribution is 2.76. The highest BCUT2D eigenvalue weighted by Gasteiger charge is 2.80. The van der Waals surface area contributed by atoms with Gasteiger partial charge in [-0.15, -0.1) is 0 Å². The van der Waals surface area contributed by atoms with Gasteiger partial charge in [0.2, 0.25) is 11.8 Å². The number of carbonyl (C=O) groups is 2. The number of nitrogens with two attached hydrogens (primary N) is 1. The first-order valence-corrected chi connectivity index (χ1v) is 7.78. The average Bonchev–Trinajstić information content (AvgIpc) is 2.83. The zero-order chi connectivity index (χ0) is 15.4. The van der Waals surface area contributed by atoms with E-state index in [1.54, 1.807) is 0 Å². The van der Waals surface area contributed by atoms with Crippen molar-refractivity contribution in [1.82, 2.24) is 10.6 Å². The van der Waals surface area contributed by atoms with Gasteiger partial charge in [-0.2, -0.15) is 0 Å². The Bertz CT molecular complexity index is 479. The zero-order valence-electron chi connectivity index (χ0n) is 12.7. The van der Waals surface area contributed by atoms with E-state index >= 15 is 0 Å². The number of amides is 2. The summed E-state index contributed by atoms with van der Waals surface area (Å²) in [7, 11) is 0. The van der Waals surface area contributed by atoms with Crippen LogP contribution in [0.4, 0.5) is 0 Å². The van der Waals surface area contributed by atoms with Gasteiger partial charge in [-0.25, -0.2) is 0 Å². The molecular formula is C15H25N3O3. The fourth-order valence-corrected chi connectivity index (χ4v) is 5.36. The lowest BCUT2D eigenvalue weighted by molar-refractivity contribution is -0.124. The van der Waals surface area contributed by atoms with E-state index < -0.39 is 6.04 Å². The Labute approximate surface area is 124 Å². The minimum absolute atomic E-state index is 0.00479. The van der Waals surface area contributed by atoms with E-state index in [9.17, 15) is 14.7 Å². The molecule has 0 bridgehead atoms. The fourth-order valence-electron chi connectivity index (χ4n) is 5.36. The van der Waals surface area contributed by atoms with E-state index in [0.29, 0.717) is 18.9 Å². The molecule has 2 amide bonds. The van der Waals surface area contributed by atoms with Gasteiger partial charge in [0.15, 0.2) is 0 Å². The van der Waals surface area contributed by atoms with Crippen LogP contribution in [-0.4, -0.2) is 42.7 Å². The number of hydrogen-bond acceptors (Lipinski definition) is 4. The van der Waals surface area contributed by atoms with E-state index in [-0.39, 0.29) is 41.1 Å². The number of aliphatic hydroxyl groups is 1. The van der Waals surface area contributed by atoms with E-state index in [1.807, 2.05) is 0 Å². The van der Waals surface area contributed by atoms with Gasteiger partial charge >= 0.3 is 0 Å². The summed E-state index contributed by atoms with van der Waals surface area (Å²) in [4.78, 5) is 23.7. The molecule has 6 heteroatoms. The Balaban J connectivity index is 1.87.